The van der Waals surface area contributed by atoms with Gasteiger partial charge in [-0.1, -0.05) is 6.92 Å². The normalized spacial score (nSPS) is 30.3. The third-order valence-corrected chi connectivity index (χ3v) is 2.83. The maximum absolute atomic E-state index is 10.6. The van der Waals surface area contributed by atoms with Gasteiger partial charge in [-0.3, -0.25) is 9.59 Å². The SMILES string of the molecule is CC1CC1C(C)(CC(=O)O)NC=O. The third kappa shape index (κ3) is 2.20. The molecular weight excluding hydrogens is 170 g/mol. The zero-order chi connectivity index (χ0) is 10.1. The number of carboxylic acid groups (broad SMARTS) is 1. The van der Waals surface area contributed by atoms with E-state index in [4.69, 9.17) is 5.11 Å². The molecule has 0 heterocycles. The van der Waals surface area contributed by atoms with Crippen LogP contribution < -0.4 is 5.32 Å². The predicted molar refractivity (Wildman–Crippen MR) is 47.1 cm³/mol. The van der Waals surface area contributed by atoms with Gasteiger partial charge in [-0.25, -0.2) is 0 Å². The minimum atomic E-state index is -0.865. The summed E-state index contributed by atoms with van der Waals surface area (Å²) in [5, 5.41) is 11.3. The van der Waals surface area contributed by atoms with Crippen LogP contribution in [0.3, 0.4) is 0 Å². The van der Waals surface area contributed by atoms with Gasteiger partial charge in [-0.15, -0.1) is 0 Å². The Morgan fingerprint density at radius 1 is 1.77 bits per heavy atom. The number of carbonyl (C=O) groups excluding carboxylic acids is 1. The second-order valence-corrected chi connectivity index (χ2v) is 4.07. The second kappa shape index (κ2) is 3.36. The highest BCUT2D eigenvalue weighted by Gasteiger charge is 2.48. The molecule has 0 aromatic carbocycles. The van der Waals surface area contributed by atoms with Crippen molar-refractivity contribution in [3.63, 3.8) is 0 Å². The summed E-state index contributed by atoms with van der Waals surface area (Å²) in [6, 6.07) is 0. The Hall–Kier alpha value is -1.06. The van der Waals surface area contributed by atoms with Crippen LogP contribution in [-0.4, -0.2) is 23.0 Å². The summed E-state index contributed by atoms with van der Waals surface area (Å²) in [7, 11) is 0. The third-order valence-electron chi connectivity index (χ3n) is 2.83. The first kappa shape index (κ1) is 10.0. The molecule has 0 aromatic heterocycles. The monoisotopic (exact) mass is 185 g/mol. The van der Waals surface area contributed by atoms with Crippen molar-refractivity contribution in [3.05, 3.63) is 0 Å². The molecule has 0 spiro atoms. The highest BCUT2D eigenvalue weighted by atomic mass is 16.4. The number of carbonyl (C=O) groups is 2. The summed E-state index contributed by atoms with van der Waals surface area (Å²) >= 11 is 0. The van der Waals surface area contributed by atoms with E-state index in [1.807, 2.05) is 0 Å². The molecule has 0 aromatic rings. The van der Waals surface area contributed by atoms with E-state index in [0.29, 0.717) is 18.2 Å². The molecule has 1 rings (SSSR count). The standard InChI is InChI=1S/C9H15NO3/c1-6-3-7(6)9(2,10-5-11)4-8(12)13/h5-7H,3-4H2,1-2H3,(H,10,11)(H,12,13). The van der Waals surface area contributed by atoms with Crippen LogP contribution in [-0.2, 0) is 9.59 Å². The molecule has 3 unspecified atom stereocenters. The molecular formula is C9H15NO3. The van der Waals surface area contributed by atoms with Crippen LogP contribution in [0, 0.1) is 11.8 Å². The Morgan fingerprint density at radius 2 is 2.31 bits per heavy atom. The number of amides is 1. The highest BCUT2D eigenvalue weighted by Crippen LogP contribution is 2.47. The van der Waals surface area contributed by atoms with Gasteiger partial charge >= 0.3 is 5.97 Å². The molecule has 1 saturated carbocycles. The molecule has 0 bridgehead atoms. The molecule has 0 saturated heterocycles. The summed E-state index contributed by atoms with van der Waals surface area (Å²) < 4.78 is 0. The zero-order valence-electron chi connectivity index (χ0n) is 7.91. The Bertz CT molecular complexity index is 229. The average molecular weight is 185 g/mol. The minimum Gasteiger partial charge on any atom is -0.481 e. The first-order chi connectivity index (χ1) is 5.99. The van der Waals surface area contributed by atoms with Crippen LogP contribution in [0.4, 0.5) is 0 Å². The first-order valence-electron chi connectivity index (χ1n) is 4.43. The van der Waals surface area contributed by atoms with Crippen molar-refractivity contribution in [1.29, 1.82) is 0 Å². The number of hydrogen-bond donors (Lipinski definition) is 2. The van der Waals surface area contributed by atoms with Crippen LogP contribution in [0.15, 0.2) is 0 Å². The number of nitrogens with one attached hydrogen (secondary N) is 1. The average Bonchev–Trinajstić information content (AvgIpc) is 2.65. The van der Waals surface area contributed by atoms with Gasteiger partial charge in [0.25, 0.3) is 0 Å². The van der Waals surface area contributed by atoms with Gasteiger partial charge in [0, 0.05) is 0 Å². The summed E-state index contributed by atoms with van der Waals surface area (Å²) in [6.07, 6.45) is 1.60. The van der Waals surface area contributed by atoms with E-state index in [9.17, 15) is 9.59 Å². The van der Waals surface area contributed by atoms with Crippen LogP contribution >= 0.6 is 0 Å². The lowest BCUT2D eigenvalue weighted by molar-refractivity contribution is -0.139. The van der Waals surface area contributed by atoms with E-state index in [-0.39, 0.29) is 6.42 Å². The molecule has 2 N–H and O–H groups in total. The lowest BCUT2D eigenvalue weighted by Crippen LogP contribution is -2.46. The van der Waals surface area contributed by atoms with Crippen LogP contribution in [0.1, 0.15) is 26.7 Å². The summed E-state index contributed by atoms with van der Waals surface area (Å²) in [6.45, 7) is 3.86. The largest absolute Gasteiger partial charge is 0.481 e. The van der Waals surface area contributed by atoms with Gasteiger partial charge in [0.05, 0.1) is 12.0 Å². The van der Waals surface area contributed by atoms with E-state index < -0.39 is 11.5 Å². The second-order valence-electron chi connectivity index (χ2n) is 4.07. The molecule has 13 heavy (non-hydrogen) atoms. The van der Waals surface area contributed by atoms with E-state index in [2.05, 4.69) is 12.2 Å². The molecule has 0 aliphatic heterocycles. The van der Waals surface area contributed by atoms with Crippen molar-refractivity contribution >= 4 is 12.4 Å². The fourth-order valence-electron chi connectivity index (χ4n) is 1.95. The maximum atomic E-state index is 10.6. The van der Waals surface area contributed by atoms with Gasteiger partial charge in [0.15, 0.2) is 0 Å². The molecule has 4 nitrogen and oxygen atoms in total. The topological polar surface area (TPSA) is 66.4 Å². The molecule has 1 amide bonds. The Labute approximate surface area is 77.3 Å². The predicted octanol–water partition coefficient (Wildman–Crippen LogP) is 0.622. The fraction of sp³-hybridized carbons (Fsp3) is 0.778. The summed E-state index contributed by atoms with van der Waals surface area (Å²) in [4.78, 5) is 20.9. The zero-order valence-corrected chi connectivity index (χ0v) is 7.91. The van der Waals surface area contributed by atoms with Crippen LogP contribution in [0.2, 0.25) is 0 Å². The maximum Gasteiger partial charge on any atom is 0.305 e. The molecule has 1 fully saturated rings. The Balaban J connectivity index is 2.62. The molecule has 4 heteroatoms. The van der Waals surface area contributed by atoms with E-state index >= 15 is 0 Å². The van der Waals surface area contributed by atoms with Crippen LogP contribution in [0.25, 0.3) is 0 Å². The van der Waals surface area contributed by atoms with Crippen molar-refractivity contribution in [2.75, 3.05) is 0 Å². The molecule has 74 valence electrons. The first-order valence-corrected chi connectivity index (χ1v) is 4.43. The van der Waals surface area contributed by atoms with E-state index in [1.165, 1.54) is 0 Å². The molecule has 1 aliphatic carbocycles. The van der Waals surface area contributed by atoms with Crippen LogP contribution in [0.5, 0.6) is 0 Å². The summed E-state index contributed by atoms with van der Waals surface area (Å²) in [5.74, 6) is -0.0263. The molecule has 1 aliphatic rings. The van der Waals surface area contributed by atoms with Gasteiger partial charge in [-0.2, -0.15) is 0 Å². The van der Waals surface area contributed by atoms with Gasteiger partial charge < -0.3 is 10.4 Å². The van der Waals surface area contributed by atoms with Crippen molar-refractivity contribution in [2.45, 2.75) is 32.2 Å². The lowest BCUT2D eigenvalue weighted by Gasteiger charge is -2.27. The van der Waals surface area contributed by atoms with Crippen molar-refractivity contribution in [1.82, 2.24) is 5.32 Å². The number of aliphatic carboxylic acids is 1. The van der Waals surface area contributed by atoms with Crippen molar-refractivity contribution in [2.24, 2.45) is 11.8 Å². The number of carboxylic acids is 1. The van der Waals surface area contributed by atoms with E-state index in [0.717, 1.165) is 6.42 Å². The minimum absolute atomic E-state index is 0.000741. The Morgan fingerprint density at radius 3 is 2.62 bits per heavy atom. The Kier molecular flexibility index (Phi) is 2.59. The van der Waals surface area contributed by atoms with Crippen molar-refractivity contribution < 1.29 is 14.7 Å². The smallest absolute Gasteiger partial charge is 0.305 e. The quantitative estimate of drug-likeness (QED) is 0.617. The van der Waals surface area contributed by atoms with Gasteiger partial charge in [0.1, 0.15) is 0 Å². The molecule has 3 atom stereocenters. The number of hydrogen-bond acceptors (Lipinski definition) is 2. The molecule has 0 radical (unpaired) electrons. The van der Waals surface area contributed by atoms with Gasteiger partial charge in [0.2, 0.25) is 6.41 Å². The van der Waals surface area contributed by atoms with Crippen molar-refractivity contribution in [3.8, 4) is 0 Å². The highest BCUT2D eigenvalue weighted by molar-refractivity contribution is 5.69. The summed E-state index contributed by atoms with van der Waals surface area (Å²) in [5.41, 5.74) is -0.562. The van der Waals surface area contributed by atoms with Gasteiger partial charge in [-0.05, 0) is 25.2 Å². The lowest BCUT2D eigenvalue weighted by atomic mass is 9.91. The number of rotatable bonds is 5. The fourth-order valence-corrected chi connectivity index (χ4v) is 1.95. The van der Waals surface area contributed by atoms with E-state index in [1.54, 1.807) is 6.92 Å².